The Morgan fingerprint density at radius 2 is 1.82 bits per heavy atom. The van der Waals surface area contributed by atoms with Gasteiger partial charge in [0, 0.05) is 36.1 Å². The number of hydrogen-bond acceptors (Lipinski definition) is 4. The largest absolute Gasteiger partial charge is 0.344 e. The van der Waals surface area contributed by atoms with Gasteiger partial charge in [-0.2, -0.15) is 5.10 Å². The zero-order chi connectivity index (χ0) is 26.1. The molecule has 0 atom stereocenters. The van der Waals surface area contributed by atoms with Crippen LogP contribution in [0.5, 0.6) is 0 Å². The van der Waals surface area contributed by atoms with Gasteiger partial charge in [-0.25, -0.2) is 13.8 Å². The van der Waals surface area contributed by atoms with Gasteiger partial charge in [0.15, 0.2) is 0 Å². The van der Waals surface area contributed by atoms with Crippen LogP contribution in [0.3, 0.4) is 0 Å². The van der Waals surface area contributed by atoms with Crippen molar-refractivity contribution in [1.82, 2.24) is 24.6 Å². The van der Waals surface area contributed by atoms with E-state index in [2.05, 4.69) is 26.4 Å². The number of H-pyrrole nitrogens is 1. The van der Waals surface area contributed by atoms with E-state index >= 15 is 0 Å². The molecule has 192 valence electrons. The summed E-state index contributed by atoms with van der Waals surface area (Å²) in [5.74, 6) is -2.80. The number of likely N-dealkylation sites (tertiary alicyclic amines) is 1. The highest BCUT2D eigenvalue weighted by atomic mass is 19.3. The maximum atomic E-state index is 13.1. The van der Waals surface area contributed by atoms with Gasteiger partial charge in [0.2, 0.25) is 0 Å². The van der Waals surface area contributed by atoms with Crippen molar-refractivity contribution in [3.8, 4) is 11.1 Å². The fourth-order valence-corrected chi connectivity index (χ4v) is 4.76. The average molecular weight is 513 g/mol. The Kier molecular flexibility index (Phi) is 6.21. The standard InChI is InChI=1S/C29H26F2N6O/c30-29(31)18-36(19-29)10-9-20-7-4-8-22(11-20)23-12-25-26(15-33-27(25)32-13-23)35-28(38)24-14-34-37(17-24)16-21-5-2-1-3-6-21/h1-8,11-15,17H,9-10,16,18-19H2,(H,32,33)(H,35,38). The summed E-state index contributed by atoms with van der Waals surface area (Å²) in [7, 11) is 0. The summed E-state index contributed by atoms with van der Waals surface area (Å²) in [6, 6.07) is 20.0. The molecule has 38 heavy (non-hydrogen) atoms. The van der Waals surface area contributed by atoms with Crippen LogP contribution in [-0.4, -0.2) is 56.1 Å². The number of carbonyl (C=O) groups is 1. The molecule has 6 rings (SSSR count). The first kappa shape index (κ1) is 24.0. The van der Waals surface area contributed by atoms with Crippen molar-refractivity contribution in [3.63, 3.8) is 0 Å². The SMILES string of the molecule is O=C(Nc1c[nH]c2ncc(-c3cccc(CCN4CC(F)(F)C4)c3)cc12)c1cnn(Cc2ccccc2)c1. The lowest BCUT2D eigenvalue weighted by Gasteiger charge is -2.38. The first-order valence-corrected chi connectivity index (χ1v) is 12.5. The molecule has 1 aliphatic heterocycles. The number of nitrogens with zero attached hydrogens (tertiary/aromatic N) is 4. The van der Waals surface area contributed by atoms with Crippen LogP contribution >= 0.6 is 0 Å². The minimum Gasteiger partial charge on any atom is -0.344 e. The van der Waals surface area contributed by atoms with E-state index < -0.39 is 5.92 Å². The highest BCUT2D eigenvalue weighted by Gasteiger charge is 2.43. The van der Waals surface area contributed by atoms with Gasteiger partial charge in [-0.1, -0.05) is 54.6 Å². The van der Waals surface area contributed by atoms with Gasteiger partial charge in [0.1, 0.15) is 5.65 Å². The van der Waals surface area contributed by atoms with Crippen LogP contribution in [0.1, 0.15) is 21.5 Å². The van der Waals surface area contributed by atoms with Crippen LogP contribution in [0.4, 0.5) is 14.5 Å². The zero-order valence-corrected chi connectivity index (χ0v) is 20.6. The predicted molar refractivity (Wildman–Crippen MR) is 142 cm³/mol. The number of halogens is 2. The summed E-state index contributed by atoms with van der Waals surface area (Å²) < 4.78 is 28.0. The van der Waals surface area contributed by atoms with E-state index in [0.29, 0.717) is 36.4 Å². The number of fused-ring (bicyclic) bond motifs is 1. The number of pyridine rings is 1. The van der Waals surface area contributed by atoms with Crippen molar-refractivity contribution in [2.24, 2.45) is 0 Å². The highest BCUT2D eigenvalue weighted by Crippen LogP contribution is 2.29. The number of carbonyl (C=O) groups excluding carboxylic acids is 1. The van der Waals surface area contributed by atoms with E-state index in [1.807, 2.05) is 54.6 Å². The lowest BCUT2D eigenvalue weighted by molar-refractivity contribution is -0.129. The van der Waals surface area contributed by atoms with Crippen molar-refractivity contribution in [2.75, 3.05) is 25.0 Å². The molecule has 1 fully saturated rings. The molecule has 2 aromatic carbocycles. The van der Waals surface area contributed by atoms with Gasteiger partial charge in [0.05, 0.1) is 37.1 Å². The van der Waals surface area contributed by atoms with E-state index in [1.54, 1.807) is 34.4 Å². The highest BCUT2D eigenvalue weighted by molar-refractivity contribution is 6.08. The summed E-state index contributed by atoms with van der Waals surface area (Å²) in [6.07, 6.45) is 7.50. The number of nitrogens with one attached hydrogen (secondary N) is 2. The van der Waals surface area contributed by atoms with Gasteiger partial charge >= 0.3 is 0 Å². The van der Waals surface area contributed by atoms with Crippen molar-refractivity contribution in [2.45, 2.75) is 18.9 Å². The van der Waals surface area contributed by atoms with Crippen molar-refractivity contribution in [3.05, 3.63) is 102 Å². The Morgan fingerprint density at radius 3 is 2.63 bits per heavy atom. The van der Waals surface area contributed by atoms with Gasteiger partial charge in [0.25, 0.3) is 11.8 Å². The number of anilines is 1. The molecule has 0 bridgehead atoms. The zero-order valence-electron chi connectivity index (χ0n) is 20.6. The van der Waals surface area contributed by atoms with E-state index in [9.17, 15) is 13.6 Å². The van der Waals surface area contributed by atoms with Gasteiger partial charge in [-0.3, -0.25) is 14.4 Å². The van der Waals surface area contributed by atoms with Crippen molar-refractivity contribution in [1.29, 1.82) is 0 Å². The molecule has 1 saturated heterocycles. The fraction of sp³-hybridized carbons (Fsp3) is 0.207. The fourth-order valence-electron chi connectivity index (χ4n) is 4.76. The molecule has 1 aliphatic rings. The quantitative estimate of drug-likeness (QED) is 0.299. The Morgan fingerprint density at radius 1 is 1.00 bits per heavy atom. The molecule has 0 radical (unpaired) electrons. The maximum absolute atomic E-state index is 13.1. The molecule has 5 aromatic rings. The second kappa shape index (κ2) is 9.83. The Bertz CT molecular complexity index is 1590. The monoisotopic (exact) mass is 512 g/mol. The number of alkyl halides is 2. The normalized spacial score (nSPS) is 14.9. The van der Waals surface area contributed by atoms with Crippen LogP contribution in [0.15, 0.2) is 85.5 Å². The number of hydrogen-bond donors (Lipinski definition) is 2. The Hall–Kier alpha value is -4.37. The molecule has 0 spiro atoms. The summed E-state index contributed by atoms with van der Waals surface area (Å²) in [5.41, 5.74) is 5.82. The number of rotatable bonds is 8. The summed E-state index contributed by atoms with van der Waals surface area (Å²) in [4.78, 5) is 22.4. The molecule has 0 unspecified atom stereocenters. The van der Waals surface area contributed by atoms with Crippen LogP contribution in [0.25, 0.3) is 22.2 Å². The molecule has 9 heteroatoms. The third-order valence-electron chi connectivity index (χ3n) is 6.75. The number of benzene rings is 2. The van der Waals surface area contributed by atoms with Crippen LogP contribution in [-0.2, 0) is 13.0 Å². The van der Waals surface area contributed by atoms with Gasteiger partial charge in [-0.15, -0.1) is 0 Å². The van der Waals surface area contributed by atoms with E-state index in [0.717, 1.165) is 27.6 Å². The lowest BCUT2D eigenvalue weighted by atomic mass is 10.0. The summed E-state index contributed by atoms with van der Waals surface area (Å²) >= 11 is 0. The smallest absolute Gasteiger partial charge is 0.272 e. The molecule has 0 aliphatic carbocycles. The first-order chi connectivity index (χ1) is 18.4. The third-order valence-corrected chi connectivity index (χ3v) is 6.75. The topological polar surface area (TPSA) is 78.8 Å². The molecule has 1 amide bonds. The number of aromatic nitrogens is 4. The Labute approximate surface area is 218 Å². The number of aromatic amines is 1. The Balaban J connectivity index is 1.16. The second-order valence-electron chi connectivity index (χ2n) is 9.71. The second-order valence-corrected chi connectivity index (χ2v) is 9.71. The molecule has 4 heterocycles. The van der Waals surface area contributed by atoms with E-state index in [-0.39, 0.29) is 19.0 Å². The van der Waals surface area contributed by atoms with Crippen LogP contribution in [0.2, 0.25) is 0 Å². The van der Waals surface area contributed by atoms with Crippen molar-refractivity contribution >= 4 is 22.6 Å². The van der Waals surface area contributed by atoms with Gasteiger partial charge in [-0.05, 0) is 29.2 Å². The van der Waals surface area contributed by atoms with E-state index in [4.69, 9.17) is 0 Å². The van der Waals surface area contributed by atoms with Crippen LogP contribution in [0, 0.1) is 0 Å². The minimum atomic E-state index is -2.55. The third kappa shape index (κ3) is 5.19. The summed E-state index contributed by atoms with van der Waals surface area (Å²) in [5, 5.41) is 8.09. The maximum Gasteiger partial charge on any atom is 0.272 e. The first-order valence-electron chi connectivity index (χ1n) is 12.5. The lowest BCUT2D eigenvalue weighted by Crippen LogP contribution is -2.56. The molecular weight excluding hydrogens is 486 g/mol. The minimum absolute atomic E-state index is 0.164. The average Bonchev–Trinajstić information content (AvgIpc) is 3.54. The van der Waals surface area contributed by atoms with E-state index in [1.165, 1.54) is 0 Å². The van der Waals surface area contributed by atoms with Crippen molar-refractivity contribution < 1.29 is 13.6 Å². The van der Waals surface area contributed by atoms with Crippen LogP contribution < -0.4 is 5.32 Å². The summed E-state index contributed by atoms with van der Waals surface area (Å²) in [6.45, 7) is 0.858. The molecular formula is C29H26F2N6O. The molecule has 3 aromatic heterocycles. The predicted octanol–water partition coefficient (Wildman–Crippen LogP) is 5.22. The molecule has 2 N–H and O–H groups in total. The van der Waals surface area contributed by atoms with Gasteiger partial charge < -0.3 is 10.3 Å². The molecule has 0 saturated carbocycles. The number of amides is 1. The molecule has 7 nitrogen and oxygen atoms in total.